The minimum absolute atomic E-state index is 0.0362. The fourth-order valence-electron chi connectivity index (χ4n) is 4.22. The number of nitrogens with zero attached hydrogens (tertiary/aromatic N) is 1. The van der Waals surface area contributed by atoms with Crippen molar-refractivity contribution >= 4 is 17.5 Å². The predicted octanol–water partition coefficient (Wildman–Crippen LogP) is 2.38. The Morgan fingerprint density at radius 1 is 1.12 bits per heavy atom. The molecule has 0 aromatic heterocycles. The van der Waals surface area contributed by atoms with Gasteiger partial charge in [0.2, 0.25) is 11.8 Å². The summed E-state index contributed by atoms with van der Waals surface area (Å²) in [6.45, 7) is 1.33. The summed E-state index contributed by atoms with van der Waals surface area (Å²) >= 11 is 0. The lowest BCUT2D eigenvalue weighted by molar-refractivity contribution is -0.127. The molecule has 5 nitrogen and oxygen atoms in total. The maximum absolute atomic E-state index is 12.6. The molecule has 0 spiro atoms. The summed E-state index contributed by atoms with van der Waals surface area (Å²) in [4.78, 5) is 26.8. The lowest BCUT2D eigenvalue weighted by Gasteiger charge is -2.35. The summed E-state index contributed by atoms with van der Waals surface area (Å²) in [6, 6.07) is 8.02. The van der Waals surface area contributed by atoms with Gasteiger partial charge in [-0.05, 0) is 49.3 Å². The molecule has 1 saturated carbocycles. The number of rotatable bonds is 5. The Hall–Kier alpha value is -1.88. The normalized spacial score (nSPS) is 19.2. The van der Waals surface area contributed by atoms with Crippen molar-refractivity contribution in [2.24, 2.45) is 11.1 Å². The summed E-state index contributed by atoms with van der Waals surface area (Å²) in [5.41, 5.74) is 8.08. The minimum atomic E-state index is -0.0664. The molecule has 1 aromatic rings. The average Bonchev–Trinajstić information content (AvgIpc) is 2.66. The number of nitrogens with one attached hydrogen (secondary N) is 1. The molecular formula is C20H29N3O2. The van der Waals surface area contributed by atoms with Crippen LogP contribution >= 0.6 is 0 Å². The quantitative estimate of drug-likeness (QED) is 0.862. The first kappa shape index (κ1) is 17.9. The smallest absolute Gasteiger partial charge is 0.246 e. The number of hydrogen-bond donors (Lipinski definition) is 2. The maximum Gasteiger partial charge on any atom is 0.246 e. The first-order valence-corrected chi connectivity index (χ1v) is 9.49. The van der Waals surface area contributed by atoms with Crippen LogP contribution in [0.1, 0.15) is 50.5 Å². The molecule has 0 saturated heterocycles. The van der Waals surface area contributed by atoms with E-state index in [1.807, 2.05) is 18.2 Å². The van der Waals surface area contributed by atoms with Gasteiger partial charge in [0.25, 0.3) is 0 Å². The third kappa shape index (κ3) is 4.21. The maximum atomic E-state index is 12.6. The van der Waals surface area contributed by atoms with Crippen LogP contribution in [0.25, 0.3) is 0 Å². The van der Waals surface area contributed by atoms with Crippen LogP contribution in [-0.2, 0) is 16.0 Å². The zero-order chi connectivity index (χ0) is 17.7. The van der Waals surface area contributed by atoms with Crippen LogP contribution in [-0.4, -0.2) is 31.4 Å². The number of fused-ring (bicyclic) bond motifs is 1. The minimum Gasteiger partial charge on any atom is -0.347 e. The fraction of sp³-hybridized carbons (Fsp3) is 0.600. The summed E-state index contributed by atoms with van der Waals surface area (Å²) in [7, 11) is 0. The Balaban J connectivity index is 1.55. The molecule has 0 unspecified atom stereocenters. The second-order valence-corrected chi connectivity index (χ2v) is 7.50. The van der Waals surface area contributed by atoms with Crippen molar-refractivity contribution in [1.29, 1.82) is 0 Å². The third-order valence-electron chi connectivity index (χ3n) is 5.73. The van der Waals surface area contributed by atoms with E-state index in [1.54, 1.807) is 4.90 Å². The Morgan fingerprint density at radius 2 is 1.88 bits per heavy atom. The Morgan fingerprint density at radius 3 is 2.64 bits per heavy atom. The topological polar surface area (TPSA) is 75.4 Å². The van der Waals surface area contributed by atoms with Crippen LogP contribution in [0.2, 0.25) is 0 Å². The largest absolute Gasteiger partial charge is 0.347 e. The summed E-state index contributed by atoms with van der Waals surface area (Å²) in [6.07, 6.45) is 7.97. The summed E-state index contributed by atoms with van der Waals surface area (Å²) < 4.78 is 0. The zero-order valence-electron chi connectivity index (χ0n) is 14.9. The van der Waals surface area contributed by atoms with Crippen molar-refractivity contribution in [2.45, 2.75) is 51.4 Å². The number of carbonyl (C=O) groups excluding carboxylic acids is 2. The number of carbonyl (C=O) groups is 2. The zero-order valence-corrected chi connectivity index (χ0v) is 14.9. The first-order chi connectivity index (χ1) is 12.1. The van der Waals surface area contributed by atoms with Crippen molar-refractivity contribution in [2.75, 3.05) is 24.5 Å². The molecule has 1 fully saturated rings. The molecule has 1 aromatic carbocycles. The molecule has 2 amide bonds. The standard InChI is InChI=1S/C20H29N3O2/c21-15-20(10-4-1-5-11-20)13-18(24)22-14-19(25)23-12-6-8-16-7-2-3-9-17(16)23/h2-3,7,9H,1,4-6,8,10-15,21H2,(H,22,24). The van der Waals surface area contributed by atoms with E-state index in [2.05, 4.69) is 11.4 Å². The highest BCUT2D eigenvalue weighted by Crippen LogP contribution is 2.38. The van der Waals surface area contributed by atoms with E-state index in [-0.39, 0.29) is 23.8 Å². The number of aryl methyl sites for hydroxylation is 1. The lowest BCUT2D eigenvalue weighted by Crippen LogP contribution is -2.44. The Labute approximate surface area is 150 Å². The van der Waals surface area contributed by atoms with E-state index in [9.17, 15) is 9.59 Å². The SMILES string of the molecule is NCC1(CC(=O)NCC(=O)N2CCCc3ccccc32)CCCCC1. The highest BCUT2D eigenvalue weighted by atomic mass is 16.2. The molecule has 2 aliphatic rings. The van der Waals surface area contributed by atoms with Crippen LogP contribution in [0.5, 0.6) is 0 Å². The molecule has 3 N–H and O–H groups in total. The monoisotopic (exact) mass is 343 g/mol. The van der Waals surface area contributed by atoms with Gasteiger partial charge < -0.3 is 16.0 Å². The van der Waals surface area contributed by atoms with Gasteiger partial charge in [-0.1, -0.05) is 37.5 Å². The van der Waals surface area contributed by atoms with Crippen molar-refractivity contribution < 1.29 is 9.59 Å². The summed E-state index contributed by atoms with van der Waals surface area (Å²) in [5, 5.41) is 2.83. The van der Waals surface area contributed by atoms with E-state index in [0.717, 1.165) is 50.8 Å². The second kappa shape index (κ2) is 8.00. The van der Waals surface area contributed by atoms with Crippen LogP contribution < -0.4 is 16.0 Å². The first-order valence-electron chi connectivity index (χ1n) is 9.49. The van der Waals surface area contributed by atoms with Crippen molar-refractivity contribution in [1.82, 2.24) is 5.32 Å². The second-order valence-electron chi connectivity index (χ2n) is 7.50. The van der Waals surface area contributed by atoms with Gasteiger partial charge in [-0.3, -0.25) is 9.59 Å². The molecule has 136 valence electrons. The Kier molecular flexibility index (Phi) is 5.74. The number of para-hydroxylation sites is 1. The van der Waals surface area contributed by atoms with Gasteiger partial charge in [0.05, 0.1) is 6.54 Å². The van der Waals surface area contributed by atoms with Crippen LogP contribution in [0.4, 0.5) is 5.69 Å². The highest BCUT2D eigenvalue weighted by Gasteiger charge is 2.33. The number of amides is 2. The average molecular weight is 343 g/mol. The molecule has 25 heavy (non-hydrogen) atoms. The molecule has 1 heterocycles. The van der Waals surface area contributed by atoms with Gasteiger partial charge in [-0.2, -0.15) is 0 Å². The van der Waals surface area contributed by atoms with Gasteiger partial charge in [0.15, 0.2) is 0 Å². The van der Waals surface area contributed by atoms with Gasteiger partial charge in [-0.15, -0.1) is 0 Å². The Bertz CT molecular complexity index is 623. The number of anilines is 1. The van der Waals surface area contributed by atoms with E-state index < -0.39 is 0 Å². The lowest BCUT2D eigenvalue weighted by atomic mass is 9.71. The predicted molar refractivity (Wildman–Crippen MR) is 99.3 cm³/mol. The molecule has 1 aliphatic carbocycles. The molecule has 1 aliphatic heterocycles. The molecular weight excluding hydrogens is 314 g/mol. The van der Waals surface area contributed by atoms with Gasteiger partial charge in [-0.25, -0.2) is 0 Å². The van der Waals surface area contributed by atoms with E-state index in [0.29, 0.717) is 13.0 Å². The number of nitrogens with two attached hydrogens (primary N) is 1. The number of hydrogen-bond acceptors (Lipinski definition) is 3. The van der Waals surface area contributed by atoms with Crippen molar-refractivity contribution in [3.8, 4) is 0 Å². The van der Waals surface area contributed by atoms with Crippen molar-refractivity contribution in [3.63, 3.8) is 0 Å². The molecule has 0 radical (unpaired) electrons. The van der Waals surface area contributed by atoms with Crippen LogP contribution in [0.3, 0.4) is 0 Å². The van der Waals surface area contributed by atoms with Gasteiger partial charge in [0.1, 0.15) is 0 Å². The van der Waals surface area contributed by atoms with Gasteiger partial charge in [0, 0.05) is 18.7 Å². The fourth-order valence-corrected chi connectivity index (χ4v) is 4.22. The highest BCUT2D eigenvalue weighted by molar-refractivity contribution is 5.97. The van der Waals surface area contributed by atoms with Crippen LogP contribution in [0, 0.1) is 5.41 Å². The molecule has 0 bridgehead atoms. The third-order valence-corrected chi connectivity index (χ3v) is 5.73. The van der Waals surface area contributed by atoms with E-state index >= 15 is 0 Å². The van der Waals surface area contributed by atoms with E-state index in [1.165, 1.54) is 12.0 Å². The number of benzene rings is 1. The molecule has 3 rings (SSSR count). The van der Waals surface area contributed by atoms with Crippen molar-refractivity contribution in [3.05, 3.63) is 29.8 Å². The van der Waals surface area contributed by atoms with E-state index in [4.69, 9.17) is 5.73 Å². The van der Waals surface area contributed by atoms with Crippen LogP contribution in [0.15, 0.2) is 24.3 Å². The van der Waals surface area contributed by atoms with Gasteiger partial charge >= 0.3 is 0 Å². The molecule has 5 heteroatoms. The summed E-state index contributed by atoms with van der Waals surface area (Å²) in [5.74, 6) is -0.0862. The molecule has 0 atom stereocenters.